The maximum atomic E-state index is 4.53. The first-order chi connectivity index (χ1) is 9.83. The Kier molecular flexibility index (Phi) is 5.12. The van der Waals surface area contributed by atoms with Gasteiger partial charge in [0.2, 0.25) is 5.95 Å². The highest BCUT2D eigenvalue weighted by molar-refractivity contribution is 5.43. The lowest BCUT2D eigenvalue weighted by molar-refractivity contribution is 0.810. The SMILES string of the molecule is C=CCNc1nccc(N(CC)Cc2ccccc2)n1. The van der Waals surface area contributed by atoms with Crippen LogP contribution in [0.1, 0.15) is 12.5 Å². The van der Waals surface area contributed by atoms with Gasteiger partial charge < -0.3 is 10.2 Å². The van der Waals surface area contributed by atoms with E-state index in [1.54, 1.807) is 12.3 Å². The molecule has 0 bridgehead atoms. The molecular formula is C16H20N4. The summed E-state index contributed by atoms with van der Waals surface area (Å²) < 4.78 is 0. The van der Waals surface area contributed by atoms with E-state index in [9.17, 15) is 0 Å². The number of hydrogen-bond acceptors (Lipinski definition) is 4. The highest BCUT2D eigenvalue weighted by Gasteiger charge is 2.07. The first-order valence-electron chi connectivity index (χ1n) is 6.80. The molecule has 0 spiro atoms. The molecule has 1 heterocycles. The predicted octanol–water partition coefficient (Wildman–Crippen LogP) is 3.10. The van der Waals surface area contributed by atoms with Gasteiger partial charge in [-0.25, -0.2) is 4.98 Å². The summed E-state index contributed by atoms with van der Waals surface area (Å²) in [5, 5.41) is 3.11. The molecule has 1 N–H and O–H groups in total. The first kappa shape index (κ1) is 14.1. The molecule has 20 heavy (non-hydrogen) atoms. The van der Waals surface area contributed by atoms with Gasteiger partial charge in [0.1, 0.15) is 5.82 Å². The van der Waals surface area contributed by atoms with Gasteiger partial charge in [0, 0.05) is 25.8 Å². The van der Waals surface area contributed by atoms with Gasteiger partial charge in [-0.05, 0) is 18.6 Å². The smallest absolute Gasteiger partial charge is 0.224 e. The molecular weight excluding hydrogens is 248 g/mol. The Balaban J connectivity index is 2.12. The first-order valence-corrected chi connectivity index (χ1v) is 6.80. The lowest BCUT2D eigenvalue weighted by atomic mass is 10.2. The Morgan fingerprint density at radius 3 is 2.75 bits per heavy atom. The molecule has 0 aliphatic rings. The van der Waals surface area contributed by atoms with Gasteiger partial charge in [0.15, 0.2) is 0 Å². The normalized spacial score (nSPS) is 10.1. The third-order valence-electron chi connectivity index (χ3n) is 2.97. The number of anilines is 2. The lowest BCUT2D eigenvalue weighted by Crippen LogP contribution is -2.23. The van der Waals surface area contributed by atoms with Crippen LogP contribution in [0.2, 0.25) is 0 Å². The third kappa shape index (κ3) is 3.82. The van der Waals surface area contributed by atoms with Crippen molar-refractivity contribution < 1.29 is 0 Å². The van der Waals surface area contributed by atoms with Crippen molar-refractivity contribution in [3.63, 3.8) is 0 Å². The van der Waals surface area contributed by atoms with E-state index in [1.807, 2.05) is 12.1 Å². The van der Waals surface area contributed by atoms with Crippen LogP contribution in [0, 0.1) is 0 Å². The molecule has 1 aromatic carbocycles. The molecule has 0 saturated carbocycles. The minimum atomic E-state index is 0.633. The lowest BCUT2D eigenvalue weighted by Gasteiger charge is -2.22. The summed E-state index contributed by atoms with van der Waals surface area (Å²) in [6, 6.07) is 12.3. The van der Waals surface area contributed by atoms with E-state index in [0.717, 1.165) is 18.9 Å². The number of nitrogens with zero attached hydrogens (tertiary/aromatic N) is 3. The molecule has 104 valence electrons. The summed E-state index contributed by atoms with van der Waals surface area (Å²) in [5.41, 5.74) is 1.27. The molecule has 0 fully saturated rings. The van der Waals surface area contributed by atoms with E-state index in [1.165, 1.54) is 5.56 Å². The van der Waals surface area contributed by atoms with Crippen LogP contribution in [0.3, 0.4) is 0 Å². The molecule has 0 amide bonds. The van der Waals surface area contributed by atoms with Crippen LogP contribution in [-0.2, 0) is 6.54 Å². The average Bonchev–Trinajstić information content (AvgIpc) is 2.52. The van der Waals surface area contributed by atoms with Gasteiger partial charge in [-0.3, -0.25) is 0 Å². The molecule has 4 nitrogen and oxygen atoms in total. The molecule has 2 aromatic rings. The van der Waals surface area contributed by atoms with Crippen molar-refractivity contribution in [1.29, 1.82) is 0 Å². The van der Waals surface area contributed by atoms with E-state index in [2.05, 4.69) is 58.0 Å². The molecule has 0 aliphatic heterocycles. The van der Waals surface area contributed by atoms with Crippen molar-refractivity contribution in [1.82, 2.24) is 9.97 Å². The summed E-state index contributed by atoms with van der Waals surface area (Å²) >= 11 is 0. The van der Waals surface area contributed by atoms with Crippen molar-refractivity contribution in [3.05, 3.63) is 60.8 Å². The van der Waals surface area contributed by atoms with Crippen molar-refractivity contribution in [2.75, 3.05) is 23.3 Å². The summed E-state index contributed by atoms with van der Waals surface area (Å²) in [5.74, 6) is 1.56. The van der Waals surface area contributed by atoms with Crippen LogP contribution >= 0.6 is 0 Å². The molecule has 0 radical (unpaired) electrons. The van der Waals surface area contributed by atoms with Gasteiger partial charge in [-0.2, -0.15) is 4.98 Å². The zero-order valence-electron chi connectivity index (χ0n) is 11.8. The molecule has 0 aliphatic carbocycles. The third-order valence-corrected chi connectivity index (χ3v) is 2.97. The predicted molar refractivity (Wildman–Crippen MR) is 83.9 cm³/mol. The molecule has 2 rings (SSSR count). The fraction of sp³-hybridized carbons (Fsp3) is 0.250. The van der Waals surface area contributed by atoms with Gasteiger partial charge in [0.25, 0.3) is 0 Å². The standard InChI is InChI=1S/C16H20N4/c1-3-11-17-16-18-12-10-15(19-16)20(4-2)13-14-8-6-5-7-9-14/h3,5-10,12H,1,4,11,13H2,2H3,(H,17,18,19). The quantitative estimate of drug-likeness (QED) is 0.783. The molecule has 0 saturated heterocycles. The van der Waals surface area contributed by atoms with E-state index < -0.39 is 0 Å². The Morgan fingerprint density at radius 1 is 1.25 bits per heavy atom. The molecule has 1 aromatic heterocycles. The van der Waals surface area contributed by atoms with Gasteiger partial charge in [-0.15, -0.1) is 6.58 Å². The molecule has 0 atom stereocenters. The minimum Gasteiger partial charge on any atom is -0.352 e. The van der Waals surface area contributed by atoms with E-state index in [0.29, 0.717) is 12.5 Å². The highest BCUT2D eigenvalue weighted by atomic mass is 15.2. The maximum Gasteiger partial charge on any atom is 0.224 e. The topological polar surface area (TPSA) is 41.1 Å². The average molecular weight is 268 g/mol. The van der Waals surface area contributed by atoms with Crippen LogP contribution in [0.4, 0.5) is 11.8 Å². The fourth-order valence-corrected chi connectivity index (χ4v) is 1.93. The van der Waals surface area contributed by atoms with Gasteiger partial charge in [0.05, 0.1) is 0 Å². The van der Waals surface area contributed by atoms with E-state index in [-0.39, 0.29) is 0 Å². The Bertz CT molecular complexity index is 539. The van der Waals surface area contributed by atoms with E-state index >= 15 is 0 Å². The fourth-order valence-electron chi connectivity index (χ4n) is 1.93. The van der Waals surface area contributed by atoms with Crippen LogP contribution < -0.4 is 10.2 Å². The largest absolute Gasteiger partial charge is 0.352 e. The zero-order chi connectivity index (χ0) is 14.2. The second-order valence-corrected chi connectivity index (χ2v) is 4.41. The Labute approximate surface area is 120 Å². The molecule has 4 heteroatoms. The van der Waals surface area contributed by atoms with Crippen molar-refractivity contribution >= 4 is 11.8 Å². The zero-order valence-corrected chi connectivity index (χ0v) is 11.8. The summed E-state index contributed by atoms with van der Waals surface area (Å²) in [6.07, 6.45) is 3.57. The molecule has 0 unspecified atom stereocenters. The van der Waals surface area contributed by atoms with Crippen molar-refractivity contribution in [2.45, 2.75) is 13.5 Å². The van der Waals surface area contributed by atoms with E-state index in [4.69, 9.17) is 0 Å². The summed E-state index contributed by atoms with van der Waals surface area (Å²) in [6.45, 7) is 8.20. The Hall–Kier alpha value is -2.36. The minimum absolute atomic E-state index is 0.633. The monoisotopic (exact) mass is 268 g/mol. The van der Waals surface area contributed by atoms with Crippen LogP contribution in [0.15, 0.2) is 55.3 Å². The summed E-state index contributed by atoms with van der Waals surface area (Å²) in [7, 11) is 0. The van der Waals surface area contributed by atoms with Crippen LogP contribution in [0.25, 0.3) is 0 Å². The highest BCUT2D eigenvalue weighted by Crippen LogP contribution is 2.15. The number of hydrogen-bond donors (Lipinski definition) is 1. The Morgan fingerprint density at radius 2 is 2.05 bits per heavy atom. The summed E-state index contributed by atoms with van der Waals surface area (Å²) in [4.78, 5) is 11.0. The van der Waals surface area contributed by atoms with Crippen molar-refractivity contribution in [2.24, 2.45) is 0 Å². The maximum absolute atomic E-state index is 4.53. The number of rotatable bonds is 7. The second kappa shape index (κ2) is 7.28. The number of nitrogens with one attached hydrogen (secondary N) is 1. The van der Waals surface area contributed by atoms with Crippen molar-refractivity contribution in [3.8, 4) is 0 Å². The van der Waals surface area contributed by atoms with Crippen LogP contribution in [-0.4, -0.2) is 23.1 Å². The number of aromatic nitrogens is 2. The van der Waals surface area contributed by atoms with Crippen LogP contribution in [0.5, 0.6) is 0 Å². The van der Waals surface area contributed by atoms with Gasteiger partial charge >= 0.3 is 0 Å². The number of benzene rings is 1. The second-order valence-electron chi connectivity index (χ2n) is 4.41. The van der Waals surface area contributed by atoms with Gasteiger partial charge in [-0.1, -0.05) is 36.4 Å².